The van der Waals surface area contributed by atoms with E-state index in [-0.39, 0.29) is 6.54 Å². The molecule has 0 rings (SSSR count). The quantitative estimate of drug-likeness (QED) is 0.275. The Morgan fingerprint density at radius 1 is 1.30 bits per heavy atom. The molecule has 0 aromatic carbocycles. The number of carboxylic acids is 1. The van der Waals surface area contributed by atoms with Crippen molar-refractivity contribution >= 4 is 35.5 Å². The van der Waals surface area contributed by atoms with E-state index in [9.17, 15) is 19.2 Å². The third-order valence-corrected chi connectivity index (χ3v) is 3.28. The van der Waals surface area contributed by atoms with Gasteiger partial charge in [-0.25, -0.2) is 9.59 Å². The van der Waals surface area contributed by atoms with E-state index in [1.165, 1.54) is 11.8 Å². The maximum Gasteiger partial charge on any atom is 0.330 e. The number of hydrogen-bond acceptors (Lipinski definition) is 7. The lowest BCUT2D eigenvalue weighted by atomic mass is 10.2. The molecule has 0 bridgehead atoms. The van der Waals surface area contributed by atoms with Gasteiger partial charge in [0, 0.05) is 18.7 Å². The fourth-order valence-corrected chi connectivity index (χ4v) is 1.82. The van der Waals surface area contributed by atoms with E-state index in [1.54, 1.807) is 0 Å². The van der Waals surface area contributed by atoms with Gasteiger partial charge in [-0.2, -0.15) is 11.8 Å². The van der Waals surface area contributed by atoms with E-state index in [2.05, 4.69) is 15.4 Å². The van der Waals surface area contributed by atoms with Crippen LogP contribution in [0.3, 0.4) is 0 Å². The summed E-state index contributed by atoms with van der Waals surface area (Å²) in [6, 6.07) is -2.14. The standard InChI is InChI=1S/C13H21N3O6S/c1-22-11(18)4-3-10(17)15-7-9(13(20)21)16-12(19)8(14)5-6-23-2/h3-4,8-9H,5-7,14H2,1-2H3,(H,15,17)(H,16,19)(H,20,21)/b4-3+/t8-,9+/m0/s1. The molecule has 0 aliphatic rings. The van der Waals surface area contributed by atoms with Crippen LogP contribution in [0.5, 0.6) is 0 Å². The zero-order chi connectivity index (χ0) is 17.8. The van der Waals surface area contributed by atoms with Crippen LogP contribution in [-0.4, -0.2) is 66.6 Å². The van der Waals surface area contributed by atoms with Gasteiger partial charge in [-0.15, -0.1) is 0 Å². The van der Waals surface area contributed by atoms with Gasteiger partial charge < -0.3 is 26.2 Å². The van der Waals surface area contributed by atoms with E-state index in [0.29, 0.717) is 12.2 Å². The van der Waals surface area contributed by atoms with Crippen molar-refractivity contribution in [2.45, 2.75) is 18.5 Å². The summed E-state index contributed by atoms with van der Waals surface area (Å²) in [5.74, 6) is -2.66. The predicted molar refractivity (Wildman–Crippen MR) is 84.7 cm³/mol. The van der Waals surface area contributed by atoms with Gasteiger partial charge in [0.1, 0.15) is 6.04 Å². The van der Waals surface area contributed by atoms with Crippen molar-refractivity contribution in [1.82, 2.24) is 10.6 Å². The van der Waals surface area contributed by atoms with Gasteiger partial charge in [-0.3, -0.25) is 9.59 Å². The van der Waals surface area contributed by atoms with E-state index >= 15 is 0 Å². The van der Waals surface area contributed by atoms with Crippen LogP contribution in [0.15, 0.2) is 12.2 Å². The molecule has 0 aliphatic heterocycles. The molecule has 2 amide bonds. The van der Waals surface area contributed by atoms with Gasteiger partial charge in [0.2, 0.25) is 11.8 Å². The number of carboxylic acid groups (broad SMARTS) is 1. The van der Waals surface area contributed by atoms with Gasteiger partial charge in [-0.1, -0.05) is 0 Å². The maximum absolute atomic E-state index is 11.8. The van der Waals surface area contributed by atoms with Crippen LogP contribution in [0.4, 0.5) is 0 Å². The molecule has 23 heavy (non-hydrogen) atoms. The van der Waals surface area contributed by atoms with Crippen LogP contribution in [0.2, 0.25) is 0 Å². The molecule has 0 unspecified atom stereocenters. The van der Waals surface area contributed by atoms with Gasteiger partial charge >= 0.3 is 11.9 Å². The number of thioether (sulfide) groups is 1. The summed E-state index contributed by atoms with van der Waals surface area (Å²) in [6.07, 6.45) is 4.06. The average molecular weight is 347 g/mol. The summed E-state index contributed by atoms with van der Waals surface area (Å²) >= 11 is 1.52. The number of aliphatic carboxylic acids is 1. The molecule has 5 N–H and O–H groups in total. The minimum atomic E-state index is -1.32. The number of esters is 1. The highest BCUT2D eigenvalue weighted by Gasteiger charge is 2.23. The molecule has 0 saturated heterocycles. The lowest BCUT2D eigenvalue weighted by Crippen LogP contribution is -2.52. The Labute approximate surface area is 138 Å². The third kappa shape index (κ3) is 9.53. The predicted octanol–water partition coefficient (Wildman–Crippen LogP) is -1.52. The number of carbonyl (C=O) groups excluding carboxylic acids is 3. The lowest BCUT2D eigenvalue weighted by molar-refractivity contribution is -0.142. The van der Waals surface area contributed by atoms with Crippen LogP contribution in [0.25, 0.3) is 0 Å². The Morgan fingerprint density at radius 3 is 2.48 bits per heavy atom. The molecule has 9 nitrogen and oxygen atoms in total. The van der Waals surface area contributed by atoms with Crippen LogP contribution in [0, 0.1) is 0 Å². The topological polar surface area (TPSA) is 148 Å². The van der Waals surface area contributed by atoms with Crippen LogP contribution < -0.4 is 16.4 Å². The summed E-state index contributed by atoms with van der Waals surface area (Å²) in [4.78, 5) is 45.1. The highest BCUT2D eigenvalue weighted by Crippen LogP contribution is 1.99. The normalized spacial score (nSPS) is 13.2. The van der Waals surface area contributed by atoms with Crippen molar-refractivity contribution in [3.05, 3.63) is 12.2 Å². The third-order valence-electron chi connectivity index (χ3n) is 2.64. The SMILES string of the molecule is COC(=O)/C=C/C(=O)NC[C@@H](NC(=O)[C@@H](N)CCSC)C(=O)O. The number of nitrogens with one attached hydrogen (secondary N) is 2. The van der Waals surface area contributed by atoms with Crippen molar-refractivity contribution in [1.29, 1.82) is 0 Å². The summed E-state index contributed by atoms with van der Waals surface area (Å²) < 4.78 is 4.30. The molecule has 0 saturated carbocycles. The molecular weight excluding hydrogens is 326 g/mol. The number of ether oxygens (including phenoxy) is 1. The molecule has 0 spiro atoms. The molecule has 0 radical (unpaired) electrons. The van der Waals surface area contributed by atoms with Crippen molar-refractivity contribution < 1.29 is 29.0 Å². The van der Waals surface area contributed by atoms with Gasteiger partial charge in [0.15, 0.2) is 0 Å². The molecule has 0 aliphatic carbocycles. The minimum Gasteiger partial charge on any atom is -0.480 e. The molecule has 10 heteroatoms. The Hall–Kier alpha value is -2.07. The van der Waals surface area contributed by atoms with E-state index in [0.717, 1.165) is 19.3 Å². The van der Waals surface area contributed by atoms with Crippen LogP contribution >= 0.6 is 11.8 Å². The number of nitrogens with two attached hydrogens (primary N) is 1. The van der Waals surface area contributed by atoms with Gasteiger partial charge in [-0.05, 0) is 18.4 Å². The highest BCUT2D eigenvalue weighted by molar-refractivity contribution is 7.98. The lowest BCUT2D eigenvalue weighted by Gasteiger charge is -2.17. The first-order valence-electron chi connectivity index (χ1n) is 6.63. The molecule has 0 aromatic rings. The van der Waals surface area contributed by atoms with E-state index < -0.39 is 35.8 Å². The van der Waals surface area contributed by atoms with Gasteiger partial charge in [0.25, 0.3) is 0 Å². The van der Waals surface area contributed by atoms with Gasteiger partial charge in [0.05, 0.1) is 13.2 Å². The summed E-state index contributed by atoms with van der Waals surface area (Å²) in [5, 5.41) is 13.6. The zero-order valence-electron chi connectivity index (χ0n) is 12.9. The van der Waals surface area contributed by atoms with Crippen molar-refractivity contribution in [3.63, 3.8) is 0 Å². The van der Waals surface area contributed by atoms with E-state index in [4.69, 9.17) is 10.8 Å². The van der Waals surface area contributed by atoms with Crippen molar-refractivity contribution in [2.24, 2.45) is 5.73 Å². The Kier molecular flexibility index (Phi) is 10.5. The molecule has 0 aromatic heterocycles. The molecule has 0 fully saturated rings. The molecule has 130 valence electrons. The maximum atomic E-state index is 11.8. The second kappa shape index (κ2) is 11.5. The van der Waals surface area contributed by atoms with Crippen LogP contribution in [-0.2, 0) is 23.9 Å². The minimum absolute atomic E-state index is 0.347. The van der Waals surface area contributed by atoms with Crippen molar-refractivity contribution in [3.8, 4) is 0 Å². The number of methoxy groups -OCH3 is 1. The fourth-order valence-electron chi connectivity index (χ4n) is 1.33. The molecule has 0 heterocycles. The molecular formula is C13H21N3O6S. The second-order valence-corrected chi connectivity index (χ2v) is 5.37. The Morgan fingerprint density at radius 2 is 1.96 bits per heavy atom. The average Bonchev–Trinajstić information content (AvgIpc) is 2.53. The number of amides is 2. The van der Waals surface area contributed by atoms with E-state index in [1.807, 2.05) is 6.26 Å². The summed E-state index contributed by atoms with van der Waals surface area (Å²) in [5.41, 5.74) is 5.64. The second-order valence-electron chi connectivity index (χ2n) is 4.39. The Balaban J connectivity index is 4.45. The highest BCUT2D eigenvalue weighted by atomic mass is 32.2. The first-order chi connectivity index (χ1) is 10.8. The van der Waals surface area contributed by atoms with Crippen molar-refractivity contribution in [2.75, 3.05) is 25.7 Å². The van der Waals surface area contributed by atoms with Crippen LogP contribution in [0.1, 0.15) is 6.42 Å². The largest absolute Gasteiger partial charge is 0.480 e. The number of carbonyl (C=O) groups is 4. The number of hydrogen-bond donors (Lipinski definition) is 4. The Bertz CT molecular complexity index is 469. The first-order valence-corrected chi connectivity index (χ1v) is 8.02. The fraction of sp³-hybridized carbons (Fsp3) is 0.538. The monoisotopic (exact) mass is 347 g/mol. The first kappa shape index (κ1) is 20.9. The number of rotatable bonds is 10. The summed E-state index contributed by atoms with van der Waals surface area (Å²) in [6.45, 7) is -0.347. The smallest absolute Gasteiger partial charge is 0.330 e. The summed E-state index contributed by atoms with van der Waals surface area (Å²) in [7, 11) is 1.15. The molecule has 2 atom stereocenters. The zero-order valence-corrected chi connectivity index (χ0v) is 13.7.